The van der Waals surface area contributed by atoms with Crippen molar-refractivity contribution in [3.05, 3.63) is 62.8 Å². The van der Waals surface area contributed by atoms with Crippen LogP contribution >= 0.6 is 27.5 Å². The van der Waals surface area contributed by atoms with E-state index in [1.54, 1.807) is 0 Å². The van der Waals surface area contributed by atoms with E-state index in [1.165, 1.54) is 0 Å². The van der Waals surface area contributed by atoms with Gasteiger partial charge in [-0.05, 0) is 42.3 Å². The molecule has 3 N–H and O–H groups in total. The quantitative estimate of drug-likeness (QED) is 0.672. The number of nitrogens with two attached hydrogens (primary N) is 1. The molecule has 0 fully saturated rings. The number of nitrogens with one attached hydrogen (secondary N) is 1. The second kappa shape index (κ2) is 5.80. The molecule has 0 aliphatic carbocycles. The first-order chi connectivity index (χ1) is 8.60. The summed E-state index contributed by atoms with van der Waals surface area (Å²) < 4.78 is 0.922. The van der Waals surface area contributed by atoms with Crippen LogP contribution in [-0.4, -0.2) is 4.98 Å². The maximum absolute atomic E-state index is 6.05. The SMILES string of the molecule is Cc1ccc(C(NN)c2cc(Cl)cc(Br)c2)cn1. The van der Waals surface area contributed by atoms with Crippen LogP contribution in [0.15, 0.2) is 41.0 Å². The highest BCUT2D eigenvalue weighted by Crippen LogP contribution is 2.27. The Morgan fingerprint density at radius 2 is 2.06 bits per heavy atom. The van der Waals surface area contributed by atoms with E-state index < -0.39 is 0 Å². The fourth-order valence-corrected chi connectivity index (χ4v) is 2.66. The van der Waals surface area contributed by atoms with Gasteiger partial charge in [-0.25, -0.2) is 5.43 Å². The molecule has 1 heterocycles. The molecule has 3 nitrogen and oxygen atoms in total. The Labute approximate surface area is 119 Å². The summed E-state index contributed by atoms with van der Waals surface area (Å²) in [5.41, 5.74) is 5.75. The smallest absolute Gasteiger partial charge is 0.0725 e. The highest BCUT2D eigenvalue weighted by molar-refractivity contribution is 9.10. The normalized spacial score (nSPS) is 12.4. The van der Waals surface area contributed by atoms with Crippen LogP contribution in [0.1, 0.15) is 22.9 Å². The third-order valence-electron chi connectivity index (χ3n) is 2.65. The number of aryl methyl sites for hydroxylation is 1. The molecule has 5 heteroatoms. The molecule has 0 saturated carbocycles. The van der Waals surface area contributed by atoms with Gasteiger partial charge in [-0.2, -0.15) is 0 Å². The van der Waals surface area contributed by atoms with E-state index in [9.17, 15) is 0 Å². The monoisotopic (exact) mass is 325 g/mol. The van der Waals surface area contributed by atoms with Crippen molar-refractivity contribution in [2.45, 2.75) is 13.0 Å². The molecule has 1 unspecified atom stereocenters. The van der Waals surface area contributed by atoms with Gasteiger partial charge in [0.25, 0.3) is 0 Å². The summed E-state index contributed by atoms with van der Waals surface area (Å²) in [5.74, 6) is 5.64. The first-order valence-electron chi connectivity index (χ1n) is 5.45. The van der Waals surface area contributed by atoms with Crippen LogP contribution < -0.4 is 11.3 Å². The number of hydrogen-bond donors (Lipinski definition) is 2. The van der Waals surface area contributed by atoms with Crippen LogP contribution in [0.4, 0.5) is 0 Å². The van der Waals surface area contributed by atoms with Crippen molar-refractivity contribution in [1.82, 2.24) is 10.4 Å². The predicted molar refractivity (Wildman–Crippen MR) is 77.3 cm³/mol. The molecular formula is C13H13BrClN3. The van der Waals surface area contributed by atoms with Crippen molar-refractivity contribution < 1.29 is 0 Å². The zero-order valence-electron chi connectivity index (χ0n) is 9.82. The van der Waals surface area contributed by atoms with Gasteiger partial charge < -0.3 is 0 Å². The molecule has 0 radical (unpaired) electrons. The Morgan fingerprint density at radius 1 is 1.28 bits per heavy atom. The van der Waals surface area contributed by atoms with Crippen LogP contribution in [0.5, 0.6) is 0 Å². The highest BCUT2D eigenvalue weighted by Gasteiger charge is 2.13. The molecule has 2 rings (SSSR count). The van der Waals surface area contributed by atoms with Crippen molar-refractivity contribution in [1.29, 1.82) is 0 Å². The third-order valence-corrected chi connectivity index (χ3v) is 3.33. The Hall–Kier alpha value is -0.940. The lowest BCUT2D eigenvalue weighted by Crippen LogP contribution is -2.29. The van der Waals surface area contributed by atoms with E-state index in [-0.39, 0.29) is 6.04 Å². The molecule has 1 atom stereocenters. The Balaban J connectivity index is 2.41. The Kier molecular flexibility index (Phi) is 4.35. The molecule has 18 heavy (non-hydrogen) atoms. The van der Waals surface area contributed by atoms with Gasteiger partial charge in [-0.1, -0.05) is 33.6 Å². The standard InChI is InChI=1S/C13H13BrClN3/c1-8-2-3-9(7-17-8)13(18-16)10-4-11(14)6-12(15)5-10/h2-7,13,18H,16H2,1H3. The molecule has 0 aliphatic rings. The van der Waals surface area contributed by atoms with Gasteiger partial charge in [0.05, 0.1) is 6.04 Å². The van der Waals surface area contributed by atoms with Gasteiger partial charge in [0, 0.05) is 21.4 Å². The van der Waals surface area contributed by atoms with Crippen molar-refractivity contribution in [2.75, 3.05) is 0 Å². The first-order valence-corrected chi connectivity index (χ1v) is 6.62. The van der Waals surface area contributed by atoms with Gasteiger partial charge in [0.15, 0.2) is 0 Å². The minimum Gasteiger partial charge on any atom is -0.271 e. The average molecular weight is 327 g/mol. The number of benzene rings is 1. The summed E-state index contributed by atoms with van der Waals surface area (Å²) in [7, 11) is 0. The van der Waals surface area contributed by atoms with Gasteiger partial charge in [0.1, 0.15) is 0 Å². The van der Waals surface area contributed by atoms with Crippen LogP contribution in [0, 0.1) is 6.92 Å². The molecule has 0 saturated heterocycles. The summed E-state index contributed by atoms with van der Waals surface area (Å²) >= 11 is 9.48. The van der Waals surface area contributed by atoms with E-state index >= 15 is 0 Å². The topological polar surface area (TPSA) is 50.9 Å². The number of pyridine rings is 1. The maximum atomic E-state index is 6.05. The summed E-state index contributed by atoms with van der Waals surface area (Å²) in [6.07, 6.45) is 1.81. The van der Waals surface area contributed by atoms with E-state index in [2.05, 4.69) is 26.3 Å². The van der Waals surface area contributed by atoms with E-state index in [0.29, 0.717) is 5.02 Å². The van der Waals surface area contributed by atoms with Crippen molar-refractivity contribution in [2.24, 2.45) is 5.84 Å². The van der Waals surface area contributed by atoms with Crippen LogP contribution in [0.2, 0.25) is 5.02 Å². The van der Waals surface area contributed by atoms with Gasteiger partial charge in [-0.3, -0.25) is 10.8 Å². The largest absolute Gasteiger partial charge is 0.271 e. The minimum atomic E-state index is -0.131. The lowest BCUT2D eigenvalue weighted by atomic mass is 10.0. The van der Waals surface area contributed by atoms with Gasteiger partial charge in [-0.15, -0.1) is 0 Å². The number of hydrazine groups is 1. The molecule has 94 valence electrons. The molecule has 0 spiro atoms. The number of halogens is 2. The number of aromatic nitrogens is 1. The van der Waals surface area contributed by atoms with Gasteiger partial charge in [0.2, 0.25) is 0 Å². The second-order valence-electron chi connectivity index (χ2n) is 4.04. The molecule has 0 aliphatic heterocycles. The van der Waals surface area contributed by atoms with Crippen molar-refractivity contribution >= 4 is 27.5 Å². The van der Waals surface area contributed by atoms with Crippen molar-refractivity contribution in [3.63, 3.8) is 0 Å². The fraction of sp³-hybridized carbons (Fsp3) is 0.154. The zero-order valence-corrected chi connectivity index (χ0v) is 12.2. The second-order valence-corrected chi connectivity index (χ2v) is 5.39. The molecular weight excluding hydrogens is 314 g/mol. The first kappa shape index (κ1) is 13.5. The summed E-state index contributed by atoms with van der Waals surface area (Å²) in [6.45, 7) is 1.95. The Morgan fingerprint density at radius 3 is 2.61 bits per heavy atom. The number of hydrogen-bond acceptors (Lipinski definition) is 3. The van der Waals surface area contributed by atoms with Crippen molar-refractivity contribution in [3.8, 4) is 0 Å². The average Bonchev–Trinajstić information content (AvgIpc) is 2.31. The van der Waals surface area contributed by atoms with E-state index in [1.807, 2.05) is 43.5 Å². The number of nitrogens with zero attached hydrogens (tertiary/aromatic N) is 1. The zero-order chi connectivity index (χ0) is 13.1. The summed E-state index contributed by atoms with van der Waals surface area (Å²) in [4.78, 5) is 4.28. The molecule has 1 aromatic heterocycles. The lowest BCUT2D eigenvalue weighted by molar-refractivity contribution is 0.634. The lowest BCUT2D eigenvalue weighted by Gasteiger charge is -2.17. The molecule has 0 amide bonds. The number of rotatable bonds is 3. The van der Waals surface area contributed by atoms with Gasteiger partial charge >= 0.3 is 0 Å². The third kappa shape index (κ3) is 3.09. The minimum absolute atomic E-state index is 0.131. The summed E-state index contributed by atoms with van der Waals surface area (Å²) in [6, 6.07) is 9.54. The molecule has 1 aromatic carbocycles. The molecule has 2 aromatic rings. The fourth-order valence-electron chi connectivity index (χ4n) is 1.78. The van der Waals surface area contributed by atoms with E-state index in [4.69, 9.17) is 17.4 Å². The molecule has 0 bridgehead atoms. The van der Waals surface area contributed by atoms with Crippen LogP contribution in [0.25, 0.3) is 0 Å². The van der Waals surface area contributed by atoms with E-state index in [0.717, 1.165) is 21.3 Å². The summed E-state index contributed by atoms with van der Waals surface area (Å²) in [5, 5.41) is 0.666. The maximum Gasteiger partial charge on any atom is 0.0725 e. The Bertz CT molecular complexity index is 522. The van der Waals surface area contributed by atoms with Crippen LogP contribution in [-0.2, 0) is 0 Å². The highest BCUT2D eigenvalue weighted by atomic mass is 79.9. The van der Waals surface area contributed by atoms with Crippen LogP contribution in [0.3, 0.4) is 0 Å². The predicted octanol–water partition coefficient (Wildman–Crippen LogP) is 3.36.